The van der Waals surface area contributed by atoms with Crippen molar-refractivity contribution in [3.63, 3.8) is 0 Å². The number of anilines is 1. The number of halogens is 3. The summed E-state index contributed by atoms with van der Waals surface area (Å²) in [4.78, 5) is 18.1. The van der Waals surface area contributed by atoms with Crippen molar-refractivity contribution in [2.75, 3.05) is 18.1 Å². The first-order valence-corrected chi connectivity index (χ1v) is 15.1. The van der Waals surface area contributed by atoms with Crippen molar-refractivity contribution < 1.29 is 22.7 Å². The molecule has 2 aromatic heterocycles. The van der Waals surface area contributed by atoms with Crippen molar-refractivity contribution in [3.05, 3.63) is 53.2 Å². The lowest BCUT2D eigenvalue weighted by Crippen LogP contribution is -2.30. The molecule has 8 nitrogen and oxygen atoms in total. The molecule has 35 heavy (non-hydrogen) atoms. The van der Waals surface area contributed by atoms with Crippen LogP contribution in [0.25, 0.3) is 11.0 Å². The average Bonchev–Trinajstić information content (AvgIpc) is 3.36. The monoisotopic (exact) mass is 506 g/mol. The van der Waals surface area contributed by atoms with E-state index in [0.717, 1.165) is 24.2 Å². The number of nitrogens with zero attached hydrogens (tertiary/aromatic N) is 4. The Hall–Kier alpha value is -2.96. The van der Waals surface area contributed by atoms with Gasteiger partial charge in [0.25, 0.3) is 5.91 Å². The number of benzene rings is 1. The van der Waals surface area contributed by atoms with Crippen LogP contribution in [0.2, 0.25) is 25.7 Å². The van der Waals surface area contributed by atoms with Crippen LogP contribution in [0.5, 0.6) is 0 Å². The lowest BCUT2D eigenvalue weighted by atomic mass is 10.0. The van der Waals surface area contributed by atoms with Gasteiger partial charge in [-0.25, -0.2) is 28.7 Å². The van der Waals surface area contributed by atoms with E-state index in [1.54, 1.807) is 11.0 Å². The molecule has 0 bridgehead atoms. The highest BCUT2D eigenvalue weighted by Crippen LogP contribution is 2.40. The minimum absolute atomic E-state index is 0.0299. The molecule has 3 aromatic rings. The standard InChI is InChI=1S/C23H29F3N6O2Si/c1-35(2,3)7-6-34-13-32-21-18(8-14(11-28-21)23(33)29-27)22(30-32)31-12-16(25)10-20(31)17-9-15(24)4-5-19(17)26/h4-5,8-9,11,16,20H,6-7,10,12-13,27H2,1-3H3,(H,29,33)/t16-,20+/m0/s1. The summed E-state index contributed by atoms with van der Waals surface area (Å²) in [5.74, 6) is 3.79. The van der Waals surface area contributed by atoms with Crippen molar-refractivity contribution in [2.45, 2.75) is 51.1 Å². The Morgan fingerprint density at radius 1 is 1.29 bits per heavy atom. The molecule has 1 fully saturated rings. The molecule has 1 aliphatic heterocycles. The second-order valence-electron chi connectivity index (χ2n) is 9.91. The molecule has 12 heteroatoms. The number of aromatic nitrogens is 3. The molecule has 0 spiro atoms. The Morgan fingerprint density at radius 3 is 2.77 bits per heavy atom. The molecule has 0 radical (unpaired) electrons. The molecule has 0 saturated carbocycles. The molecule has 3 N–H and O–H groups in total. The number of carbonyl (C=O) groups is 1. The fourth-order valence-electron chi connectivity index (χ4n) is 4.17. The van der Waals surface area contributed by atoms with Crippen LogP contribution in [0.3, 0.4) is 0 Å². The van der Waals surface area contributed by atoms with Crippen LogP contribution in [0.4, 0.5) is 19.0 Å². The molecule has 1 saturated heterocycles. The van der Waals surface area contributed by atoms with Gasteiger partial charge in [-0.15, -0.1) is 0 Å². The average molecular weight is 507 g/mol. The molecule has 0 unspecified atom stereocenters. The van der Waals surface area contributed by atoms with Gasteiger partial charge in [-0.1, -0.05) is 19.6 Å². The fraction of sp³-hybridized carbons (Fsp3) is 0.435. The molecule has 1 amide bonds. The maximum atomic E-state index is 14.6. The second-order valence-corrected chi connectivity index (χ2v) is 15.5. The van der Waals surface area contributed by atoms with E-state index < -0.39 is 37.8 Å². The molecule has 2 atom stereocenters. The summed E-state index contributed by atoms with van der Waals surface area (Å²) >= 11 is 0. The van der Waals surface area contributed by atoms with E-state index in [2.05, 4.69) is 35.1 Å². The molecule has 1 aliphatic rings. The van der Waals surface area contributed by atoms with Gasteiger partial charge in [0.05, 0.1) is 23.5 Å². The molecule has 0 aliphatic carbocycles. The lowest BCUT2D eigenvalue weighted by molar-refractivity contribution is 0.0814. The SMILES string of the molecule is C[Si](C)(C)CCOCn1nc(N2C[C@@H](F)C[C@@H]2c2cc(F)ccc2F)c2cc(C(=O)NN)cnc21. The summed E-state index contributed by atoms with van der Waals surface area (Å²) in [5.41, 5.74) is 2.71. The van der Waals surface area contributed by atoms with Crippen molar-refractivity contribution in [2.24, 2.45) is 5.84 Å². The van der Waals surface area contributed by atoms with Gasteiger partial charge in [-0.3, -0.25) is 10.2 Å². The largest absolute Gasteiger partial charge is 0.359 e. The van der Waals surface area contributed by atoms with Crippen molar-refractivity contribution in [1.82, 2.24) is 20.2 Å². The summed E-state index contributed by atoms with van der Waals surface area (Å²) in [5, 5.41) is 5.07. The fourth-order valence-corrected chi connectivity index (χ4v) is 4.92. The first-order valence-electron chi connectivity index (χ1n) is 11.4. The molecule has 3 heterocycles. The van der Waals surface area contributed by atoms with E-state index in [4.69, 9.17) is 10.6 Å². The number of fused-ring (bicyclic) bond motifs is 1. The van der Waals surface area contributed by atoms with Crippen molar-refractivity contribution >= 4 is 30.8 Å². The van der Waals surface area contributed by atoms with Crippen LogP contribution in [-0.2, 0) is 11.5 Å². The number of hydrazine groups is 1. The third kappa shape index (κ3) is 5.49. The van der Waals surface area contributed by atoms with Crippen LogP contribution in [0, 0.1) is 11.6 Å². The van der Waals surface area contributed by atoms with Crippen LogP contribution in [0.1, 0.15) is 28.4 Å². The van der Waals surface area contributed by atoms with Crippen LogP contribution >= 0.6 is 0 Å². The van der Waals surface area contributed by atoms with Gasteiger partial charge >= 0.3 is 0 Å². The summed E-state index contributed by atoms with van der Waals surface area (Å²) < 4.78 is 50.6. The number of amides is 1. The topological polar surface area (TPSA) is 98.3 Å². The minimum atomic E-state index is -1.30. The summed E-state index contributed by atoms with van der Waals surface area (Å²) in [7, 11) is -1.30. The number of pyridine rings is 1. The number of nitrogens with one attached hydrogen (secondary N) is 1. The Balaban J connectivity index is 1.75. The van der Waals surface area contributed by atoms with Gasteiger partial charge in [0.1, 0.15) is 24.5 Å². The molecule has 1 aromatic carbocycles. The van der Waals surface area contributed by atoms with Crippen molar-refractivity contribution in [1.29, 1.82) is 0 Å². The first kappa shape index (κ1) is 25.1. The number of alkyl halides is 1. The Kier molecular flexibility index (Phi) is 7.15. The number of nitrogen functional groups attached to an aromatic ring is 1. The second kappa shape index (κ2) is 9.95. The van der Waals surface area contributed by atoms with Crippen LogP contribution in [0.15, 0.2) is 30.5 Å². The van der Waals surface area contributed by atoms with Gasteiger partial charge in [0.15, 0.2) is 11.5 Å². The van der Waals surface area contributed by atoms with Crippen molar-refractivity contribution in [3.8, 4) is 0 Å². The predicted molar refractivity (Wildman–Crippen MR) is 129 cm³/mol. The first-order chi connectivity index (χ1) is 16.6. The number of hydrogen-bond donors (Lipinski definition) is 2. The summed E-state index contributed by atoms with van der Waals surface area (Å²) in [6.45, 7) is 7.31. The number of nitrogens with two attached hydrogens (primary N) is 1. The van der Waals surface area contributed by atoms with Crippen LogP contribution in [-0.4, -0.2) is 48.1 Å². The molecule has 188 valence electrons. The number of hydrogen-bond acceptors (Lipinski definition) is 6. The molecular weight excluding hydrogens is 477 g/mol. The highest BCUT2D eigenvalue weighted by atomic mass is 28.3. The van der Waals surface area contributed by atoms with Gasteiger partial charge in [0, 0.05) is 32.9 Å². The van der Waals surface area contributed by atoms with E-state index in [1.807, 2.05) is 0 Å². The normalized spacial score (nSPS) is 18.4. The smallest absolute Gasteiger partial charge is 0.266 e. The molecular formula is C23H29F3N6O2Si. The lowest BCUT2D eigenvalue weighted by Gasteiger charge is -2.25. The number of rotatable bonds is 8. The van der Waals surface area contributed by atoms with Gasteiger partial charge in [-0.2, -0.15) is 5.10 Å². The van der Waals surface area contributed by atoms with E-state index in [9.17, 15) is 18.0 Å². The van der Waals surface area contributed by atoms with E-state index in [0.29, 0.717) is 23.5 Å². The Bertz CT molecular complexity index is 1230. The van der Waals surface area contributed by atoms with Gasteiger partial charge in [-0.05, 0) is 30.3 Å². The minimum Gasteiger partial charge on any atom is -0.359 e. The highest BCUT2D eigenvalue weighted by Gasteiger charge is 2.37. The highest BCUT2D eigenvalue weighted by molar-refractivity contribution is 6.76. The van der Waals surface area contributed by atoms with Crippen LogP contribution < -0.4 is 16.2 Å². The summed E-state index contributed by atoms with van der Waals surface area (Å²) in [6, 6.07) is 4.86. The van der Waals surface area contributed by atoms with Gasteiger partial charge in [0.2, 0.25) is 0 Å². The quantitative estimate of drug-likeness (QED) is 0.158. The van der Waals surface area contributed by atoms with E-state index in [1.165, 1.54) is 10.9 Å². The third-order valence-corrected chi connectivity index (χ3v) is 7.71. The third-order valence-electron chi connectivity index (χ3n) is 6.01. The maximum absolute atomic E-state index is 14.6. The van der Waals surface area contributed by atoms with E-state index >= 15 is 0 Å². The van der Waals surface area contributed by atoms with Gasteiger partial charge < -0.3 is 9.64 Å². The molecule has 4 rings (SSSR count). The summed E-state index contributed by atoms with van der Waals surface area (Å²) in [6.07, 6.45) is 0.0530. The zero-order valence-corrected chi connectivity index (χ0v) is 20.9. The zero-order valence-electron chi connectivity index (χ0n) is 19.9. The predicted octanol–water partition coefficient (Wildman–Crippen LogP) is 3.91. The van der Waals surface area contributed by atoms with E-state index in [-0.39, 0.29) is 30.8 Å². The zero-order chi connectivity index (χ0) is 25.3. The number of carbonyl (C=O) groups excluding carboxylic acids is 1. The Labute approximate surface area is 202 Å². The number of ether oxygens (including phenoxy) is 1. The Morgan fingerprint density at radius 2 is 2.06 bits per heavy atom. The maximum Gasteiger partial charge on any atom is 0.266 e.